The Kier molecular flexibility index (Phi) is 4.22. The largest absolute Gasteiger partial charge is 0.478 e. The summed E-state index contributed by atoms with van der Waals surface area (Å²) in [6.07, 6.45) is 2.40. The third-order valence-corrected chi connectivity index (χ3v) is 5.63. The van der Waals surface area contributed by atoms with Crippen molar-refractivity contribution in [2.45, 2.75) is 11.9 Å². The number of nitrogens with zero attached hydrogens (tertiary/aromatic N) is 1. The van der Waals surface area contributed by atoms with Crippen LogP contribution in [0.15, 0.2) is 16.7 Å². The van der Waals surface area contributed by atoms with E-state index in [-0.39, 0.29) is 5.56 Å². The summed E-state index contributed by atoms with van der Waals surface area (Å²) in [4.78, 5) is 12.6. The smallest absolute Gasteiger partial charge is 0.338 e. The number of sulfone groups is 1. The van der Waals surface area contributed by atoms with Crippen LogP contribution < -0.4 is 0 Å². The van der Waals surface area contributed by atoms with E-state index in [0.717, 1.165) is 5.75 Å². The topological polar surface area (TPSA) is 87.8 Å². The lowest BCUT2D eigenvalue weighted by Crippen LogP contribution is -2.46. The second-order valence-corrected chi connectivity index (χ2v) is 7.79. The molecule has 106 valence electrons. The molecule has 0 aromatic carbocycles. The predicted molar refractivity (Wildman–Crippen MR) is 72.0 cm³/mol. The molecule has 6 nitrogen and oxygen atoms in total. The Hall–Kier alpha value is -0.990. The van der Waals surface area contributed by atoms with Crippen LogP contribution in [0.2, 0.25) is 0 Å². The maximum Gasteiger partial charge on any atom is 0.338 e. The lowest BCUT2D eigenvalue weighted by molar-refractivity contribution is 0.0696. The molecule has 0 radical (unpaired) electrons. The van der Waals surface area contributed by atoms with Crippen LogP contribution in [0.25, 0.3) is 0 Å². The van der Waals surface area contributed by atoms with Crippen molar-refractivity contribution in [1.29, 1.82) is 0 Å². The van der Waals surface area contributed by atoms with Gasteiger partial charge in [-0.25, -0.2) is 13.2 Å². The van der Waals surface area contributed by atoms with Gasteiger partial charge in [-0.2, -0.15) is 11.8 Å². The highest BCUT2D eigenvalue weighted by Crippen LogP contribution is 2.23. The van der Waals surface area contributed by atoms with Crippen molar-refractivity contribution in [1.82, 2.24) is 4.90 Å². The maximum atomic E-state index is 11.7. The zero-order valence-electron chi connectivity index (χ0n) is 10.4. The molecule has 1 aliphatic rings. The van der Waals surface area contributed by atoms with E-state index in [1.165, 1.54) is 18.6 Å². The number of carbonyl (C=O) groups is 1. The number of hydrogen-bond donors (Lipinski definition) is 1. The van der Waals surface area contributed by atoms with E-state index in [1.54, 1.807) is 11.8 Å². The molecule has 1 atom stereocenters. The molecule has 19 heavy (non-hydrogen) atoms. The van der Waals surface area contributed by atoms with Crippen LogP contribution in [-0.2, 0) is 16.4 Å². The lowest BCUT2D eigenvalue weighted by Gasteiger charge is -2.33. The Bertz CT molecular complexity index is 565. The van der Waals surface area contributed by atoms with Crippen molar-refractivity contribution < 1.29 is 22.7 Å². The van der Waals surface area contributed by atoms with E-state index in [0.29, 0.717) is 24.6 Å². The highest BCUT2D eigenvalue weighted by Gasteiger charge is 2.31. The molecule has 8 heteroatoms. The molecule has 2 heterocycles. The first-order valence-corrected chi connectivity index (χ1v) is 8.80. The quantitative estimate of drug-likeness (QED) is 0.884. The van der Waals surface area contributed by atoms with Gasteiger partial charge < -0.3 is 9.52 Å². The summed E-state index contributed by atoms with van der Waals surface area (Å²) in [5.74, 6) is 0.811. The van der Waals surface area contributed by atoms with Gasteiger partial charge in [0.15, 0.2) is 9.84 Å². The van der Waals surface area contributed by atoms with Crippen molar-refractivity contribution in [3.63, 3.8) is 0 Å². The molecular weight excluding hydrogens is 290 g/mol. The van der Waals surface area contributed by atoms with Crippen molar-refractivity contribution in [3.05, 3.63) is 23.7 Å². The third kappa shape index (κ3) is 3.52. The molecule has 1 aromatic heterocycles. The summed E-state index contributed by atoms with van der Waals surface area (Å²) in [6, 6.07) is 1.43. The zero-order chi connectivity index (χ0) is 14.0. The van der Waals surface area contributed by atoms with Gasteiger partial charge in [0, 0.05) is 24.3 Å². The number of carboxylic acid groups (broad SMARTS) is 1. The van der Waals surface area contributed by atoms with Crippen LogP contribution in [0.3, 0.4) is 0 Å². The molecule has 1 aliphatic heterocycles. The SMILES string of the molecule is CS(=O)(=O)C1CSCCN1Cc1cc(C(=O)O)co1. The Morgan fingerprint density at radius 3 is 2.95 bits per heavy atom. The summed E-state index contributed by atoms with van der Waals surface area (Å²) in [6.45, 7) is 0.955. The highest BCUT2D eigenvalue weighted by atomic mass is 32.2. The van der Waals surface area contributed by atoms with E-state index in [9.17, 15) is 13.2 Å². The summed E-state index contributed by atoms with van der Waals surface area (Å²) >= 11 is 1.61. The Labute approximate surface area is 115 Å². The number of carboxylic acids is 1. The Morgan fingerprint density at radius 2 is 2.37 bits per heavy atom. The average Bonchev–Trinajstić information content (AvgIpc) is 2.77. The number of rotatable bonds is 4. The number of furan rings is 1. The van der Waals surface area contributed by atoms with Crippen LogP contribution in [-0.4, -0.2) is 54.1 Å². The van der Waals surface area contributed by atoms with Crippen LogP contribution in [0, 0.1) is 0 Å². The minimum Gasteiger partial charge on any atom is -0.478 e. The van der Waals surface area contributed by atoms with Gasteiger partial charge in [0.25, 0.3) is 0 Å². The van der Waals surface area contributed by atoms with E-state index in [2.05, 4.69) is 0 Å². The van der Waals surface area contributed by atoms with Gasteiger partial charge in [-0.3, -0.25) is 4.90 Å². The minimum absolute atomic E-state index is 0.0808. The fourth-order valence-electron chi connectivity index (χ4n) is 1.97. The molecule has 2 rings (SSSR count). The molecule has 1 saturated heterocycles. The van der Waals surface area contributed by atoms with Crippen molar-refractivity contribution in [2.24, 2.45) is 0 Å². The predicted octanol–water partition coefficient (Wildman–Crippen LogP) is 0.897. The second-order valence-electron chi connectivity index (χ2n) is 4.44. The third-order valence-electron chi connectivity index (χ3n) is 2.94. The molecular formula is C11H15NO5S2. The van der Waals surface area contributed by atoms with Gasteiger partial charge in [-0.05, 0) is 6.07 Å². The molecule has 0 amide bonds. The number of hydrogen-bond acceptors (Lipinski definition) is 6. The fourth-order valence-corrected chi connectivity index (χ4v) is 4.91. The van der Waals surface area contributed by atoms with E-state index >= 15 is 0 Å². The first-order chi connectivity index (χ1) is 8.88. The average molecular weight is 305 g/mol. The normalized spacial score (nSPS) is 21.4. The summed E-state index contributed by atoms with van der Waals surface area (Å²) < 4.78 is 28.6. The monoisotopic (exact) mass is 305 g/mol. The molecule has 0 aliphatic carbocycles. The van der Waals surface area contributed by atoms with Crippen molar-refractivity contribution in [2.75, 3.05) is 24.3 Å². The molecule has 0 bridgehead atoms. The Morgan fingerprint density at radius 1 is 1.63 bits per heavy atom. The molecule has 1 aromatic rings. The number of thioether (sulfide) groups is 1. The van der Waals surface area contributed by atoms with Gasteiger partial charge in [0.2, 0.25) is 0 Å². The maximum absolute atomic E-state index is 11.7. The molecule has 0 saturated carbocycles. The first kappa shape index (κ1) is 14.4. The standard InChI is InChI=1S/C11H15NO5S2/c1-19(15,16)10-7-18-3-2-12(10)5-9-4-8(6-17-9)11(13)14/h4,6,10H,2-3,5,7H2,1H3,(H,13,14). The minimum atomic E-state index is -3.16. The van der Waals surface area contributed by atoms with Crippen LogP contribution in [0.5, 0.6) is 0 Å². The first-order valence-electron chi connectivity index (χ1n) is 5.69. The Balaban J connectivity index is 2.13. The van der Waals surface area contributed by atoms with Crippen molar-refractivity contribution >= 4 is 27.6 Å². The zero-order valence-corrected chi connectivity index (χ0v) is 12.0. The number of aromatic carboxylic acids is 1. The van der Waals surface area contributed by atoms with Gasteiger partial charge >= 0.3 is 5.97 Å². The molecule has 1 unspecified atom stereocenters. The van der Waals surface area contributed by atoms with Crippen LogP contribution >= 0.6 is 11.8 Å². The van der Waals surface area contributed by atoms with Gasteiger partial charge in [-0.15, -0.1) is 0 Å². The lowest BCUT2D eigenvalue weighted by atomic mass is 10.3. The molecule has 1 fully saturated rings. The fraction of sp³-hybridized carbons (Fsp3) is 0.545. The van der Waals surface area contributed by atoms with Crippen LogP contribution in [0.4, 0.5) is 0 Å². The molecule has 0 spiro atoms. The van der Waals surface area contributed by atoms with E-state index < -0.39 is 21.2 Å². The van der Waals surface area contributed by atoms with Crippen LogP contribution in [0.1, 0.15) is 16.1 Å². The summed E-state index contributed by atoms with van der Waals surface area (Å²) in [5, 5.41) is 8.28. The highest BCUT2D eigenvalue weighted by molar-refractivity contribution is 8.00. The van der Waals surface area contributed by atoms with E-state index in [4.69, 9.17) is 9.52 Å². The molecule has 1 N–H and O–H groups in total. The van der Waals surface area contributed by atoms with Crippen molar-refractivity contribution in [3.8, 4) is 0 Å². The summed E-state index contributed by atoms with van der Waals surface area (Å²) in [5.41, 5.74) is 0.0808. The summed E-state index contributed by atoms with van der Waals surface area (Å²) in [7, 11) is -3.16. The van der Waals surface area contributed by atoms with Gasteiger partial charge in [0.1, 0.15) is 17.4 Å². The van der Waals surface area contributed by atoms with Gasteiger partial charge in [0.05, 0.1) is 12.1 Å². The second kappa shape index (κ2) is 5.56. The van der Waals surface area contributed by atoms with E-state index in [1.807, 2.05) is 4.90 Å². The van der Waals surface area contributed by atoms with Gasteiger partial charge in [-0.1, -0.05) is 0 Å².